The molecule has 0 saturated carbocycles. The highest BCUT2D eigenvalue weighted by Gasteiger charge is 2.38. The van der Waals surface area contributed by atoms with E-state index in [0.717, 1.165) is 44.7 Å². The summed E-state index contributed by atoms with van der Waals surface area (Å²) >= 11 is 0. The van der Waals surface area contributed by atoms with Gasteiger partial charge in [0.1, 0.15) is 23.7 Å². The van der Waals surface area contributed by atoms with Crippen molar-refractivity contribution in [3.63, 3.8) is 0 Å². The number of methoxy groups -OCH3 is 1. The molecule has 2 aromatic carbocycles. The number of ether oxygens (including phenoxy) is 1. The summed E-state index contributed by atoms with van der Waals surface area (Å²) in [5, 5.41) is 7.41. The Balaban J connectivity index is 1.26. The molecule has 0 bridgehead atoms. The fourth-order valence-electron chi connectivity index (χ4n) is 6.24. The minimum Gasteiger partial charge on any atom is -0.494 e. The van der Waals surface area contributed by atoms with Gasteiger partial charge in [0, 0.05) is 43.2 Å². The number of nitrogens with one attached hydrogen (secondary N) is 2. The van der Waals surface area contributed by atoms with E-state index in [9.17, 15) is 18.0 Å². The van der Waals surface area contributed by atoms with Gasteiger partial charge in [-0.2, -0.15) is 13.2 Å². The monoisotopic (exact) mass is 641 g/mol. The Kier molecular flexibility index (Phi) is 9.00. The maximum atomic E-state index is 15.1. The van der Waals surface area contributed by atoms with Gasteiger partial charge in [0.15, 0.2) is 5.82 Å². The molecular formula is C32H35F4N7O3. The summed E-state index contributed by atoms with van der Waals surface area (Å²) in [7, 11) is 1.54. The standard InChI is InChI=1S/C32H35F4N7O3/c1-3-30(44)40-23-16-24(27(45-2)17-26(23)42-13-8-20(9-14-42)41-11-5-12-41)39-28-18-29(38-19-37-28)43-25(10-15-46-43)21-6-4-7-22(31(21)33)32(34,35)36/h3-4,6-7,16-20,25H,1,5,8-15H2,2H3,(H,40,44)(H,37,38,39)/t25-/m1/s1. The zero-order chi connectivity index (χ0) is 32.4. The Morgan fingerprint density at radius 2 is 1.87 bits per heavy atom. The van der Waals surface area contributed by atoms with Crippen LogP contribution >= 0.6 is 0 Å². The Morgan fingerprint density at radius 1 is 1.09 bits per heavy atom. The Morgan fingerprint density at radius 3 is 2.54 bits per heavy atom. The van der Waals surface area contributed by atoms with Crippen LogP contribution in [0.4, 0.5) is 46.3 Å². The van der Waals surface area contributed by atoms with Crippen molar-refractivity contribution in [2.75, 3.05) is 60.5 Å². The number of aromatic nitrogens is 2. The summed E-state index contributed by atoms with van der Waals surface area (Å²) in [4.78, 5) is 31.4. The van der Waals surface area contributed by atoms with Crippen LogP contribution in [-0.4, -0.2) is 66.7 Å². The van der Waals surface area contributed by atoms with Crippen molar-refractivity contribution in [3.05, 3.63) is 72.3 Å². The van der Waals surface area contributed by atoms with Crippen LogP contribution in [0.3, 0.4) is 0 Å². The number of halogens is 4. The highest BCUT2D eigenvalue weighted by molar-refractivity contribution is 6.02. The Labute approximate surface area is 264 Å². The van der Waals surface area contributed by atoms with E-state index in [0.29, 0.717) is 35.1 Å². The van der Waals surface area contributed by atoms with Crippen LogP contribution in [0.1, 0.15) is 42.9 Å². The molecule has 1 aromatic heterocycles. The lowest BCUT2D eigenvalue weighted by Gasteiger charge is -2.43. The van der Waals surface area contributed by atoms with Gasteiger partial charge in [-0.25, -0.2) is 19.4 Å². The number of amides is 1. The SMILES string of the molecule is C=CC(=O)Nc1cc(Nc2cc(N3OCC[C@@H]3c3cccc(C(F)(F)F)c3F)ncn2)c(OC)cc1N1CCC(N2CCC2)CC1. The van der Waals surface area contributed by atoms with Crippen molar-refractivity contribution in [3.8, 4) is 5.75 Å². The van der Waals surface area contributed by atoms with Gasteiger partial charge in [0.05, 0.1) is 42.4 Å². The van der Waals surface area contributed by atoms with Gasteiger partial charge < -0.3 is 25.2 Å². The van der Waals surface area contributed by atoms with E-state index < -0.39 is 23.6 Å². The number of piperidine rings is 1. The Hall–Kier alpha value is -4.43. The van der Waals surface area contributed by atoms with Crippen molar-refractivity contribution in [2.45, 2.75) is 43.9 Å². The van der Waals surface area contributed by atoms with E-state index in [1.807, 2.05) is 6.07 Å². The van der Waals surface area contributed by atoms with Gasteiger partial charge in [-0.15, -0.1) is 0 Å². The summed E-state index contributed by atoms with van der Waals surface area (Å²) < 4.78 is 61.0. The lowest BCUT2D eigenvalue weighted by molar-refractivity contribution is -0.140. The van der Waals surface area contributed by atoms with Crippen LogP contribution in [0, 0.1) is 5.82 Å². The van der Waals surface area contributed by atoms with E-state index >= 15 is 4.39 Å². The second kappa shape index (κ2) is 13.1. The number of carbonyl (C=O) groups excluding carboxylic acids is 1. The van der Waals surface area contributed by atoms with E-state index in [1.54, 1.807) is 19.2 Å². The summed E-state index contributed by atoms with van der Waals surface area (Å²) in [5.74, 6) is -0.676. The van der Waals surface area contributed by atoms with E-state index in [1.165, 1.54) is 36.0 Å². The maximum absolute atomic E-state index is 15.1. The van der Waals surface area contributed by atoms with Gasteiger partial charge in [-0.1, -0.05) is 18.7 Å². The van der Waals surface area contributed by atoms with Gasteiger partial charge in [-0.05, 0) is 50.6 Å². The average molecular weight is 642 g/mol. The third-order valence-corrected chi connectivity index (χ3v) is 8.71. The largest absolute Gasteiger partial charge is 0.494 e. The molecule has 46 heavy (non-hydrogen) atoms. The number of benzene rings is 2. The molecule has 0 spiro atoms. The molecule has 14 heteroatoms. The molecule has 2 N–H and O–H groups in total. The highest BCUT2D eigenvalue weighted by atomic mass is 19.4. The highest BCUT2D eigenvalue weighted by Crippen LogP contribution is 2.42. The van der Waals surface area contributed by atoms with Crippen LogP contribution in [0.5, 0.6) is 5.75 Å². The summed E-state index contributed by atoms with van der Waals surface area (Å²) in [6.07, 6.45) is 1.17. The third kappa shape index (κ3) is 6.44. The van der Waals surface area contributed by atoms with Crippen LogP contribution in [0.2, 0.25) is 0 Å². The minimum absolute atomic E-state index is 0.144. The molecule has 6 rings (SSSR count). The predicted octanol–water partition coefficient (Wildman–Crippen LogP) is 6.07. The third-order valence-electron chi connectivity index (χ3n) is 8.71. The number of rotatable bonds is 9. The molecule has 10 nitrogen and oxygen atoms in total. The second-order valence-electron chi connectivity index (χ2n) is 11.4. The van der Waals surface area contributed by atoms with Crippen LogP contribution < -0.4 is 25.3 Å². The number of alkyl halides is 3. The number of nitrogens with zero attached hydrogens (tertiary/aromatic N) is 5. The molecule has 3 fully saturated rings. The number of hydroxylamine groups is 1. The van der Waals surface area contributed by atoms with Gasteiger partial charge >= 0.3 is 6.18 Å². The second-order valence-corrected chi connectivity index (χ2v) is 11.4. The van der Waals surface area contributed by atoms with Crippen LogP contribution in [0.25, 0.3) is 0 Å². The van der Waals surface area contributed by atoms with Crippen LogP contribution in [-0.2, 0) is 15.8 Å². The number of hydrogen-bond acceptors (Lipinski definition) is 9. The molecule has 244 valence electrons. The molecule has 3 aliphatic heterocycles. The zero-order valence-electron chi connectivity index (χ0n) is 25.3. The first kappa shape index (κ1) is 31.5. The molecule has 3 saturated heterocycles. The molecular weight excluding hydrogens is 606 g/mol. The Bertz CT molecular complexity index is 1590. The number of anilines is 5. The van der Waals surface area contributed by atoms with Crippen LogP contribution in [0.15, 0.2) is 55.4 Å². The fraction of sp³-hybridized carbons (Fsp3) is 0.406. The molecule has 1 amide bonds. The minimum atomic E-state index is -4.83. The van der Waals surface area contributed by atoms with Crippen molar-refractivity contribution in [1.29, 1.82) is 0 Å². The topological polar surface area (TPSA) is 95.1 Å². The zero-order valence-corrected chi connectivity index (χ0v) is 25.3. The number of likely N-dealkylation sites (tertiary alicyclic amines) is 1. The lowest BCUT2D eigenvalue weighted by Crippen LogP contribution is -2.50. The van der Waals surface area contributed by atoms with Gasteiger partial charge in [-0.3, -0.25) is 9.63 Å². The predicted molar refractivity (Wildman–Crippen MR) is 166 cm³/mol. The van der Waals surface area contributed by atoms with Crippen molar-refractivity contribution in [2.24, 2.45) is 0 Å². The lowest BCUT2D eigenvalue weighted by atomic mass is 9.99. The molecule has 1 atom stereocenters. The van der Waals surface area contributed by atoms with E-state index in [-0.39, 0.29) is 30.3 Å². The smallest absolute Gasteiger partial charge is 0.419 e. The number of hydrogen-bond donors (Lipinski definition) is 2. The van der Waals surface area contributed by atoms with Gasteiger partial charge in [0.25, 0.3) is 0 Å². The van der Waals surface area contributed by atoms with Crippen molar-refractivity contribution in [1.82, 2.24) is 14.9 Å². The first-order valence-corrected chi connectivity index (χ1v) is 15.2. The molecule has 4 heterocycles. The van der Waals surface area contributed by atoms with Crippen molar-refractivity contribution >= 4 is 34.6 Å². The maximum Gasteiger partial charge on any atom is 0.419 e. The molecule has 0 aliphatic carbocycles. The summed E-state index contributed by atoms with van der Waals surface area (Å²) in [6, 6.07) is 8.09. The average Bonchev–Trinajstić information content (AvgIpc) is 3.50. The summed E-state index contributed by atoms with van der Waals surface area (Å²) in [5.41, 5.74) is 0.396. The van der Waals surface area contributed by atoms with E-state index in [4.69, 9.17) is 9.57 Å². The first-order chi connectivity index (χ1) is 22.2. The molecule has 3 aromatic rings. The first-order valence-electron chi connectivity index (χ1n) is 15.2. The van der Waals surface area contributed by atoms with E-state index in [2.05, 4.69) is 37.0 Å². The molecule has 3 aliphatic rings. The number of carbonyl (C=O) groups is 1. The molecule has 0 radical (unpaired) electrons. The summed E-state index contributed by atoms with van der Waals surface area (Å²) in [6.45, 7) is 7.69. The van der Waals surface area contributed by atoms with Crippen molar-refractivity contribution < 1.29 is 31.9 Å². The normalized spacial score (nSPS) is 19.1. The van der Waals surface area contributed by atoms with Gasteiger partial charge in [0.2, 0.25) is 5.91 Å². The molecule has 0 unspecified atom stereocenters. The fourth-order valence-corrected chi connectivity index (χ4v) is 6.24. The quantitative estimate of drug-likeness (QED) is 0.213.